The number of amides is 1. The molecule has 19 heteroatoms. The Balaban J connectivity index is 0.000000617. The van der Waals surface area contributed by atoms with Crippen molar-refractivity contribution in [2.75, 3.05) is 49.6 Å². The van der Waals surface area contributed by atoms with Gasteiger partial charge in [-0.1, -0.05) is 24.6 Å². The number of alkyl halides is 6. The zero-order valence-electron chi connectivity index (χ0n) is 24.1. The Bertz CT molecular complexity index is 1700. The molecule has 0 spiro atoms. The molecule has 1 amide bonds. The average molecular weight is 680 g/mol. The van der Waals surface area contributed by atoms with E-state index in [1.165, 1.54) is 4.52 Å². The predicted molar refractivity (Wildman–Crippen MR) is 154 cm³/mol. The van der Waals surface area contributed by atoms with Crippen LogP contribution >= 0.6 is 11.6 Å². The van der Waals surface area contributed by atoms with E-state index < -0.39 is 29.8 Å². The Morgan fingerprint density at radius 3 is 2.37 bits per heavy atom. The number of carboxylic acid groups (broad SMARTS) is 1. The quantitative estimate of drug-likeness (QED) is 0.333. The molecular weight excluding hydrogens is 652 g/mol. The summed E-state index contributed by atoms with van der Waals surface area (Å²) in [6, 6.07) is 2.73. The van der Waals surface area contributed by atoms with E-state index in [0.717, 1.165) is 23.8 Å². The van der Waals surface area contributed by atoms with Crippen LogP contribution in [0.5, 0.6) is 0 Å². The number of carbonyl (C=O) groups excluding carboxylic acids is 1. The van der Waals surface area contributed by atoms with Gasteiger partial charge in [-0.25, -0.2) is 4.79 Å². The molecule has 3 aromatic rings. The molecule has 1 fully saturated rings. The van der Waals surface area contributed by atoms with Crippen LogP contribution in [0.4, 0.5) is 37.7 Å². The van der Waals surface area contributed by atoms with Gasteiger partial charge in [0.2, 0.25) is 11.7 Å². The van der Waals surface area contributed by atoms with Gasteiger partial charge in [-0.2, -0.15) is 35.8 Å². The summed E-state index contributed by atoms with van der Waals surface area (Å²) in [6.45, 7) is 5.15. The molecule has 2 aliphatic rings. The molecule has 46 heavy (non-hydrogen) atoms. The topological polar surface area (TPSA) is 143 Å². The van der Waals surface area contributed by atoms with Crippen LogP contribution in [0.2, 0.25) is 5.02 Å². The summed E-state index contributed by atoms with van der Waals surface area (Å²) in [5.41, 5.74) is 0.713. The second-order valence-corrected chi connectivity index (χ2v) is 10.4. The van der Waals surface area contributed by atoms with Crippen LogP contribution in [0.25, 0.3) is 11.4 Å². The van der Waals surface area contributed by atoms with Gasteiger partial charge in [-0.15, -0.1) is 5.10 Å². The van der Waals surface area contributed by atoms with Crippen molar-refractivity contribution in [3.63, 3.8) is 0 Å². The van der Waals surface area contributed by atoms with E-state index in [2.05, 4.69) is 20.7 Å². The minimum absolute atomic E-state index is 0.0432. The molecule has 5 rings (SSSR count). The molecule has 0 bridgehead atoms. The van der Waals surface area contributed by atoms with Crippen LogP contribution in [0, 0.1) is 0 Å². The standard InChI is InChI=1S/C25H27ClF3N7O3.C2HF3O2/c1-2-19-21(34-9-7-30-8-10-34)23(38)36-24(32-22(33-36)15-5-11-39-12-6-15)35(19)14-20(37)31-18-4-3-16(13-17(18)26)25(27,28)29;3-2(4,5)1(6)7/h3-5,13,30H,2,6-12,14H2,1H3,(H,31,37);(H,6,7). The van der Waals surface area contributed by atoms with Crippen LogP contribution in [0.1, 0.15) is 30.4 Å². The molecule has 250 valence electrons. The first-order valence-corrected chi connectivity index (χ1v) is 14.2. The van der Waals surface area contributed by atoms with Crippen molar-refractivity contribution in [1.82, 2.24) is 24.5 Å². The Morgan fingerprint density at radius 2 is 1.83 bits per heavy atom. The van der Waals surface area contributed by atoms with Crippen molar-refractivity contribution in [3.05, 3.63) is 56.7 Å². The van der Waals surface area contributed by atoms with Crippen LogP contribution in [0.15, 0.2) is 29.1 Å². The Labute approximate surface area is 261 Å². The Morgan fingerprint density at radius 1 is 1.15 bits per heavy atom. The number of hydrogen-bond acceptors (Lipinski definition) is 8. The number of ether oxygens (including phenoxy) is 1. The minimum Gasteiger partial charge on any atom is -0.475 e. The highest BCUT2D eigenvalue weighted by Gasteiger charge is 2.38. The third-order valence-corrected chi connectivity index (χ3v) is 7.27. The van der Waals surface area contributed by atoms with Gasteiger partial charge in [0.05, 0.1) is 35.2 Å². The molecule has 1 saturated heterocycles. The largest absolute Gasteiger partial charge is 0.490 e. The number of halogens is 7. The lowest BCUT2D eigenvalue weighted by molar-refractivity contribution is -0.192. The summed E-state index contributed by atoms with van der Waals surface area (Å²) in [5.74, 6) is -2.72. The molecular formula is C27H28ClF6N7O5. The molecule has 0 radical (unpaired) electrons. The third kappa shape index (κ3) is 7.97. The molecule has 12 nitrogen and oxygen atoms in total. The summed E-state index contributed by atoms with van der Waals surface area (Å²) >= 11 is 6.05. The van der Waals surface area contributed by atoms with E-state index in [0.29, 0.717) is 69.4 Å². The number of benzene rings is 1. The number of aliphatic carboxylic acids is 1. The van der Waals surface area contributed by atoms with Crippen molar-refractivity contribution in [1.29, 1.82) is 0 Å². The fourth-order valence-corrected chi connectivity index (χ4v) is 5.04. The second-order valence-electron chi connectivity index (χ2n) is 10.0. The van der Waals surface area contributed by atoms with Gasteiger partial charge >= 0.3 is 18.3 Å². The normalized spacial score (nSPS) is 15.7. The van der Waals surface area contributed by atoms with E-state index in [4.69, 9.17) is 26.2 Å². The summed E-state index contributed by atoms with van der Waals surface area (Å²) in [4.78, 5) is 42.4. The van der Waals surface area contributed by atoms with Crippen molar-refractivity contribution >= 4 is 46.2 Å². The number of carbonyl (C=O) groups is 2. The highest BCUT2D eigenvalue weighted by molar-refractivity contribution is 6.33. The Kier molecular flexibility index (Phi) is 10.6. The zero-order chi connectivity index (χ0) is 33.8. The lowest BCUT2D eigenvalue weighted by Gasteiger charge is -2.31. The molecule has 0 atom stereocenters. The summed E-state index contributed by atoms with van der Waals surface area (Å²) in [6.07, 6.45) is -6.76. The van der Waals surface area contributed by atoms with Crippen LogP contribution in [-0.2, 0) is 33.5 Å². The van der Waals surface area contributed by atoms with Crippen molar-refractivity contribution in [2.24, 2.45) is 0 Å². The van der Waals surface area contributed by atoms with E-state index in [-0.39, 0.29) is 28.6 Å². The van der Waals surface area contributed by atoms with E-state index in [1.54, 1.807) is 4.57 Å². The van der Waals surface area contributed by atoms with Crippen LogP contribution in [-0.4, -0.2) is 81.7 Å². The van der Waals surface area contributed by atoms with Crippen molar-refractivity contribution in [2.45, 2.75) is 38.7 Å². The van der Waals surface area contributed by atoms with Gasteiger partial charge in [-0.3, -0.25) is 9.59 Å². The summed E-state index contributed by atoms with van der Waals surface area (Å²) in [7, 11) is 0. The predicted octanol–water partition coefficient (Wildman–Crippen LogP) is 3.61. The fraction of sp³-hybridized carbons (Fsp3) is 0.444. The van der Waals surface area contributed by atoms with Crippen molar-refractivity contribution < 1.29 is 45.8 Å². The van der Waals surface area contributed by atoms with Gasteiger partial charge in [0.1, 0.15) is 12.2 Å². The van der Waals surface area contributed by atoms with Gasteiger partial charge in [0.15, 0.2) is 5.82 Å². The smallest absolute Gasteiger partial charge is 0.475 e. The maximum Gasteiger partial charge on any atom is 0.490 e. The van der Waals surface area contributed by atoms with Crippen molar-refractivity contribution in [3.8, 4) is 0 Å². The molecule has 4 heterocycles. The highest BCUT2D eigenvalue weighted by Crippen LogP contribution is 2.34. The minimum atomic E-state index is -5.08. The lowest BCUT2D eigenvalue weighted by Crippen LogP contribution is -2.47. The van der Waals surface area contributed by atoms with Gasteiger partial charge in [0.25, 0.3) is 5.56 Å². The van der Waals surface area contributed by atoms with E-state index >= 15 is 0 Å². The average Bonchev–Trinajstić information content (AvgIpc) is 3.46. The summed E-state index contributed by atoms with van der Waals surface area (Å²) in [5, 5.41) is 17.3. The maximum atomic E-state index is 13.7. The van der Waals surface area contributed by atoms with Crippen LogP contribution < -0.4 is 21.1 Å². The lowest BCUT2D eigenvalue weighted by atomic mass is 10.1. The third-order valence-electron chi connectivity index (χ3n) is 6.96. The maximum absolute atomic E-state index is 13.7. The SMILES string of the molecule is CCc1c(N2CCNCC2)c(=O)n2nc(C3=CCOCC3)nc2n1CC(=O)Nc1ccc(C(F)(F)F)cc1Cl.O=C(O)C(F)(F)F. The number of aromatic nitrogens is 4. The first-order chi connectivity index (χ1) is 21.6. The number of rotatable bonds is 6. The zero-order valence-corrected chi connectivity index (χ0v) is 24.9. The Hall–Kier alpha value is -4.16. The molecule has 1 aromatic carbocycles. The number of anilines is 2. The van der Waals surface area contributed by atoms with Crippen LogP contribution in [0.3, 0.4) is 0 Å². The number of piperazine rings is 1. The highest BCUT2D eigenvalue weighted by atomic mass is 35.5. The first-order valence-electron chi connectivity index (χ1n) is 13.8. The monoisotopic (exact) mass is 679 g/mol. The molecule has 2 aromatic heterocycles. The number of hydrogen-bond donors (Lipinski definition) is 3. The van der Waals surface area contributed by atoms with Gasteiger partial charge < -0.3 is 29.9 Å². The molecule has 0 unspecified atom stereocenters. The van der Waals surface area contributed by atoms with Gasteiger partial charge in [-0.05, 0) is 36.6 Å². The number of nitrogens with zero attached hydrogens (tertiary/aromatic N) is 5. The molecule has 0 saturated carbocycles. The van der Waals surface area contributed by atoms with E-state index in [1.807, 2.05) is 17.9 Å². The molecule has 0 aliphatic carbocycles. The first kappa shape index (κ1) is 34.7. The van der Waals surface area contributed by atoms with E-state index in [9.17, 15) is 35.9 Å². The second kappa shape index (κ2) is 14.1. The molecule has 3 N–H and O–H groups in total. The summed E-state index contributed by atoms with van der Waals surface area (Å²) < 4.78 is 79.1. The number of nitrogens with one attached hydrogen (secondary N) is 2. The van der Waals surface area contributed by atoms with Gasteiger partial charge in [0, 0.05) is 26.2 Å². The molecule has 2 aliphatic heterocycles. The number of fused-ring (bicyclic) bond motifs is 1. The number of carboxylic acids is 1. The fourth-order valence-electron chi connectivity index (χ4n) is 4.81.